The Morgan fingerprint density at radius 2 is 1.35 bits per heavy atom. The Labute approximate surface area is 315 Å². The average molecular weight is 769 g/mol. The van der Waals surface area contributed by atoms with E-state index in [0.717, 1.165) is 5.56 Å². The molecule has 4 aliphatic heterocycles. The highest BCUT2D eigenvalue weighted by Crippen LogP contribution is 2.61. The zero-order valence-corrected chi connectivity index (χ0v) is 29.6. The van der Waals surface area contributed by atoms with Crippen LogP contribution in [0.2, 0.25) is 0 Å². The molecule has 0 amide bonds. The standard InChI is InChI=1S/C39H44O16/c1-20-28(44)33(51-25(42)14-12-21-8-4-2-5-9-21)34(52-26(43)15-13-22-10-6-3-7-11-22)38(49-20)53-32-23-16-17-48-36(27(23)39(19-41)35(32)55-39)54-37-31(47)30(46)29(45)24(18-40)50-37/h2-17,20,23-24,27-38,40-41,44-47H,18-19H2,1H3/t20-,23+,24+,27+,28-,29+,30-,31+,32-,33+,34+,35-,36-,37-,38-,39+/m0/s1. The van der Waals surface area contributed by atoms with Gasteiger partial charge in [-0.15, -0.1) is 0 Å². The van der Waals surface area contributed by atoms with E-state index in [4.69, 9.17) is 37.9 Å². The highest BCUT2D eigenvalue weighted by molar-refractivity contribution is 5.88. The van der Waals surface area contributed by atoms with Crippen molar-refractivity contribution in [3.63, 3.8) is 0 Å². The fourth-order valence-electron chi connectivity index (χ4n) is 7.62. The maximum atomic E-state index is 13.3. The summed E-state index contributed by atoms with van der Waals surface area (Å²) in [6, 6.07) is 18.0. The van der Waals surface area contributed by atoms with E-state index in [-0.39, 0.29) is 0 Å². The number of epoxide rings is 1. The van der Waals surface area contributed by atoms with Crippen molar-refractivity contribution in [1.29, 1.82) is 0 Å². The molecule has 0 radical (unpaired) electrons. The number of benzene rings is 2. The van der Waals surface area contributed by atoms with E-state index >= 15 is 0 Å². The molecular formula is C39H44O16. The van der Waals surface area contributed by atoms with E-state index in [1.165, 1.54) is 37.5 Å². The van der Waals surface area contributed by atoms with Crippen molar-refractivity contribution >= 4 is 24.1 Å². The Bertz CT molecular complexity index is 1720. The lowest BCUT2D eigenvalue weighted by atomic mass is 9.85. The molecule has 6 N–H and O–H groups in total. The van der Waals surface area contributed by atoms with Crippen LogP contribution in [0, 0.1) is 11.8 Å². The Morgan fingerprint density at radius 3 is 1.95 bits per heavy atom. The smallest absolute Gasteiger partial charge is 0.331 e. The molecule has 5 aliphatic rings. The number of rotatable bonds is 12. The number of ether oxygens (including phenoxy) is 8. The van der Waals surface area contributed by atoms with E-state index in [0.29, 0.717) is 5.56 Å². The summed E-state index contributed by atoms with van der Waals surface area (Å²) in [4.78, 5) is 26.4. The first kappa shape index (κ1) is 39.2. The van der Waals surface area contributed by atoms with Gasteiger partial charge in [-0.25, -0.2) is 9.59 Å². The van der Waals surface area contributed by atoms with Gasteiger partial charge >= 0.3 is 11.9 Å². The summed E-state index contributed by atoms with van der Waals surface area (Å²) in [5, 5.41) is 62.8. The molecule has 4 fully saturated rings. The molecule has 0 bridgehead atoms. The zero-order valence-electron chi connectivity index (χ0n) is 29.6. The van der Waals surface area contributed by atoms with Gasteiger partial charge < -0.3 is 68.5 Å². The summed E-state index contributed by atoms with van der Waals surface area (Å²) in [5.74, 6) is -3.09. The quantitative estimate of drug-likeness (QED) is 0.0932. The van der Waals surface area contributed by atoms with Crippen LogP contribution >= 0.6 is 0 Å². The number of aliphatic hydroxyl groups excluding tert-OH is 6. The maximum absolute atomic E-state index is 13.3. The third-order valence-corrected chi connectivity index (χ3v) is 10.6. The Balaban J connectivity index is 1.13. The molecule has 296 valence electrons. The summed E-state index contributed by atoms with van der Waals surface area (Å²) >= 11 is 0. The number of hydrogen-bond acceptors (Lipinski definition) is 16. The summed E-state index contributed by atoms with van der Waals surface area (Å²) in [6.07, 6.45) is -9.20. The number of fused-ring (bicyclic) bond motifs is 3. The number of carbonyl (C=O) groups excluding carboxylic acids is 2. The van der Waals surface area contributed by atoms with Crippen LogP contribution in [-0.2, 0) is 47.5 Å². The SMILES string of the molecule is C[C@@H]1O[C@@H](O[C@H]2[C@@H]3C=CO[C@@H](O[C@@H]4O[C@H](CO)[C@@H](O)[C@H](O)[C@H]4O)[C@@H]3[C@@]3(CO)O[C@@H]23)[C@H](OC(=O)C=Cc2ccccc2)[C@H](OC(=O)C=Cc2ccccc2)[C@H]1O. The largest absolute Gasteiger partial charge is 0.472 e. The first-order valence-corrected chi connectivity index (χ1v) is 18.0. The molecule has 1 saturated carbocycles. The van der Waals surface area contributed by atoms with Crippen molar-refractivity contribution in [2.75, 3.05) is 13.2 Å². The Morgan fingerprint density at radius 1 is 0.727 bits per heavy atom. The third-order valence-electron chi connectivity index (χ3n) is 10.6. The molecule has 3 saturated heterocycles. The van der Waals surface area contributed by atoms with Crippen molar-refractivity contribution in [2.24, 2.45) is 11.8 Å². The van der Waals surface area contributed by atoms with Gasteiger partial charge in [-0.2, -0.15) is 0 Å². The van der Waals surface area contributed by atoms with E-state index in [1.54, 1.807) is 54.6 Å². The predicted molar refractivity (Wildman–Crippen MR) is 186 cm³/mol. The molecule has 0 unspecified atom stereocenters. The normalized spacial score (nSPS) is 40.7. The minimum absolute atomic E-state index is 0.512. The fraction of sp³-hybridized carbons (Fsp3) is 0.487. The molecule has 4 heterocycles. The van der Waals surface area contributed by atoms with Gasteiger partial charge in [0.25, 0.3) is 0 Å². The Kier molecular flexibility index (Phi) is 11.8. The van der Waals surface area contributed by atoms with E-state index in [1.807, 2.05) is 12.1 Å². The first-order chi connectivity index (χ1) is 26.5. The number of carbonyl (C=O) groups is 2. The van der Waals surface area contributed by atoms with Crippen molar-refractivity contribution in [3.8, 4) is 0 Å². The summed E-state index contributed by atoms with van der Waals surface area (Å²) in [6.45, 7) is 0.352. The van der Waals surface area contributed by atoms with Gasteiger partial charge in [0.05, 0.1) is 37.6 Å². The van der Waals surface area contributed by atoms with Gasteiger partial charge in [0, 0.05) is 18.1 Å². The zero-order chi connectivity index (χ0) is 38.9. The number of esters is 2. The molecule has 1 aliphatic carbocycles. The van der Waals surface area contributed by atoms with Crippen LogP contribution in [0.4, 0.5) is 0 Å². The van der Waals surface area contributed by atoms with Crippen LogP contribution in [-0.4, -0.2) is 141 Å². The van der Waals surface area contributed by atoms with Gasteiger partial charge in [-0.05, 0) is 36.3 Å². The predicted octanol–water partition coefficient (Wildman–Crippen LogP) is -0.210. The van der Waals surface area contributed by atoms with E-state index < -0.39 is 122 Å². The monoisotopic (exact) mass is 768 g/mol. The van der Waals surface area contributed by atoms with E-state index in [2.05, 4.69) is 0 Å². The van der Waals surface area contributed by atoms with Crippen molar-refractivity contribution in [1.82, 2.24) is 0 Å². The lowest BCUT2D eigenvalue weighted by molar-refractivity contribution is -0.347. The summed E-state index contributed by atoms with van der Waals surface area (Å²) in [7, 11) is 0. The highest BCUT2D eigenvalue weighted by atomic mass is 16.8. The second-order valence-electron chi connectivity index (χ2n) is 14.0. The van der Waals surface area contributed by atoms with Crippen LogP contribution in [0.25, 0.3) is 12.2 Å². The van der Waals surface area contributed by atoms with E-state index in [9.17, 15) is 40.2 Å². The molecule has 2 aromatic carbocycles. The highest BCUT2D eigenvalue weighted by Gasteiger charge is 2.77. The maximum Gasteiger partial charge on any atom is 0.331 e. The molecule has 2 aromatic rings. The molecule has 0 spiro atoms. The minimum atomic E-state index is -1.72. The summed E-state index contributed by atoms with van der Waals surface area (Å²) in [5.41, 5.74) is 0.156. The average Bonchev–Trinajstić information content (AvgIpc) is 3.88. The van der Waals surface area contributed by atoms with Crippen LogP contribution in [0.5, 0.6) is 0 Å². The minimum Gasteiger partial charge on any atom is -0.472 e. The fourth-order valence-corrected chi connectivity index (χ4v) is 7.62. The molecule has 16 atom stereocenters. The van der Waals surface area contributed by atoms with Crippen LogP contribution in [0.1, 0.15) is 18.1 Å². The first-order valence-electron chi connectivity index (χ1n) is 18.0. The molecular weight excluding hydrogens is 724 g/mol. The molecule has 16 heteroatoms. The van der Waals surface area contributed by atoms with Crippen LogP contribution in [0.15, 0.2) is 85.2 Å². The van der Waals surface area contributed by atoms with Gasteiger partial charge in [0.15, 0.2) is 24.8 Å². The molecule has 0 aromatic heterocycles. The second-order valence-corrected chi connectivity index (χ2v) is 14.0. The van der Waals surface area contributed by atoms with Crippen LogP contribution < -0.4 is 0 Å². The van der Waals surface area contributed by atoms with Crippen LogP contribution in [0.3, 0.4) is 0 Å². The van der Waals surface area contributed by atoms with Crippen molar-refractivity contribution in [3.05, 3.63) is 96.3 Å². The van der Waals surface area contributed by atoms with Crippen molar-refractivity contribution < 1.29 is 78.1 Å². The summed E-state index contributed by atoms with van der Waals surface area (Å²) < 4.78 is 47.5. The number of aliphatic hydroxyl groups is 6. The molecule has 16 nitrogen and oxygen atoms in total. The van der Waals surface area contributed by atoms with Gasteiger partial charge in [-0.3, -0.25) is 0 Å². The van der Waals surface area contributed by atoms with Crippen molar-refractivity contribution in [2.45, 2.75) is 92.4 Å². The van der Waals surface area contributed by atoms with Gasteiger partial charge in [0.1, 0.15) is 42.2 Å². The topological polar surface area (TPSA) is 233 Å². The third kappa shape index (κ3) is 7.99. The van der Waals surface area contributed by atoms with Gasteiger partial charge in [-0.1, -0.05) is 60.7 Å². The Hall–Kier alpha value is -4.04. The molecule has 7 rings (SSSR count). The van der Waals surface area contributed by atoms with Gasteiger partial charge in [0.2, 0.25) is 6.29 Å². The lowest BCUT2D eigenvalue weighted by Crippen LogP contribution is -2.61. The number of hydrogen-bond donors (Lipinski definition) is 6. The lowest BCUT2D eigenvalue weighted by Gasteiger charge is -2.44. The second kappa shape index (κ2) is 16.6. The molecule has 55 heavy (non-hydrogen) atoms.